The summed E-state index contributed by atoms with van der Waals surface area (Å²) in [5, 5.41) is 2.67. The molecule has 0 saturated carbocycles. The number of sulfonamides is 1. The Hall–Kier alpha value is -0.630. The lowest BCUT2D eigenvalue weighted by Crippen LogP contribution is -2.47. The number of hydrogen-bond donors (Lipinski definition) is 0. The molecule has 134 valence electrons. The molecular weight excluding hydrogens is 401 g/mol. The molecule has 0 bridgehead atoms. The van der Waals surface area contributed by atoms with Crippen molar-refractivity contribution in [3.05, 3.63) is 50.1 Å². The molecule has 4 rings (SSSR count). The van der Waals surface area contributed by atoms with E-state index in [-0.39, 0.29) is 15.5 Å². The van der Waals surface area contributed by atoms with E-state index in [9.17, 15) is 8.42 Å². The maximum absolute atomic E-state index is 12.9. The highest BCUT2D eigenvalue weighted by Crippen LogP contribution is 2.45. The van der Waals surface area contributed by atoms with E-state index in [1.807, 2.05) is 0 Å². The molecule has 1 aromatic carbocycles. The van der Waals surface area contributed by atoms with Gasteiger partial charge in [-0.3, -0.25) is 0 Å². The first-order valence-corrected chi connectivity index (χ1v) is 11.2. The number of ether oxygens (including phenoxy) is 1. The van der Waals surface area contributed by atoms with Gasteiger partial charge in [0, 0.05) is 23.0 Å². The molecule has 1 spiro atoms. The highest BCUT2D eigenvalue weighted by atomic mass is 35.5. The SMILES string of the molecule is O=S(=O)(c1ccc(Cl)cc1Cl)N1CCC2(CC1)OCCc1ccsc12. The smallest absolute Gasteiger partial charge is 0.244 e. The minimum atomic E-state index is -3.64. The number of halogens is 2. The van der Waals surface area contributed by atoms with Crippen molar-refractivity contribution in [2.75, 3.05) is 19.7 Å². The summed E-state index contributed by atoms with van der Waals surface area (Å²) in [6.07, 6.45) is 2.25. The van der Waals surface area contributed by atoms with E-state index in [4.69, 9.17) is 27.9 Å². The van der Waals surface area contributed by atoms with Crippen LogP contribution in [0.4, 0.5) is 0 Å². The van der Waals surface area contributed by atoms with Gasteiger partial charge in [-0.25, -0.2) is 8.42 Å². The zero-order valence-electron chi connectivity index (χ0n) is 13.4. The van der Waals surface area contributed by atoms with Gasteiger partial charge >= 0.3 is 0 Å². The summed E-state index contributed by atoms with van der Waals surface area (Å²) in [5.41, 5.74) is 1.01. The van der Waals surface area contributed by atoms with Crippen LogP contribution in [0.1, 0.15) is 23.3 Å². The first kappa shape index (κ1) is 17.8. The maximum atomic E-state index is 12.9. The van der Waals surface area contributed by atoms with E-state index in [1.54, 1.807) is 17.4 Å². The van der Waals surface area contributed by atoms with Crippen molar-refractivity contribution in [3.8, 4) is 0 Å². The second-order valence-electron chi connectivity index (χ2n) is 6.35. The summed E-state index contributed by atoms with van der Waals surface area (Å²) < 4.78 is 33.5. The third-order valence-electron chi connectivity index (χ3n) is 4.95. The van der Waals surface area contributed by atoms with Crippen LogP contribution in [-0.4, -0.2) is 32.4 Å². The van der Waals surface area contributed by atoms with Gasteiger partial charge < -0.3 is 4.74 Å². The van der Waals surface area contributed by atoms with Crippen LogP contribution < -0.4 is 0 Å². The summed E-state index contributed by atoms with van der Waals surface area (Å²) in [4.78, 5) is 1.37. The second-order valence-corrected chi connectivity index (χ2v) is 10.0. The predicted octanol–water partition coefficient (Wildman–Crippen LogP) is 4.31. The Bertz CT molecular complexity index is 902. The van der Waals surface area contributed by atoms with Gasteiger partial charge in [0.2, 0.25) is 10.0 Å². The van der Waals surface area contributed by atoms with E-state index >= 15 is 0 Å². The molecule has 3 heterocycles. The third-order valence-corrected chi connectivity index (χ3v) is 8.71. The Morgan fingerprint density at radius 3 is 2.64 bits per heavy atom. The minimum Gasteiger partial charge on any atom is -0.369 e. The summed E-state index contributed by atoms with van der Waals surface area (Å²) in [6.45, 7) is 1.52. The second kappa shape index (κ2) is 6.51. The molecule has 0 amide bonds. The molecule has 0 unspecified atom stereocenters. The fraction of sp³-hybridized carbons (Fsp3) is 0.412. The molecule has 25 heavy (non-hydrogen) atoms. The van der Waals surface area contributed by atoms with Gasteiger partial charge in [0.15, 0.2) is 0 Å². The number of piperidine rings is 1. The van der Waals surface area contributed by atoms with Gasteiger partial charge in [0.1, 0.15) is 10.5 Å². The lowest BCUT2D eigenvalue weighted by molar-refractivity contribution is -0.0861. The van der Waals surface area contributed by atoms with Crippen LogP contribution in [0.2, 0.25) is 10.0 Å². The molecule has 1 saturated heterocycles. The molecule has 1 aromatic heterocycles. The lowest BCUT2D eigenvalue weighted by Gasteiger charge is -2.43. The van der Waals surface area contributed by atoms with Crippen LogP contribution in [-0.2, 0) is 26.8 Å². The molecule has 2 aliphatic rings. The number of thiophene rings is 1. The van der Waals surface area contributed by atoms with Gasteiger partial charge in [-0.05, 0) is 54.5 Å². The van der Waals surface area contributed by atoms with E-state index < -0.39 is 10.0 Å². The number of benzene rings is 1. The molecule has 2 aromatic rings. The van der Waals surface area contributed by atoms with E-state index in [0.717, 1.165) is 6.42 Å². The number of nitrogens with zero attached hydrogens (tertiary/aromatic N) is 1. The van der Waals surface area contributed by atoms with Crippen LogP contribution in [0, 0.1) is 0 Å². The Kier molecular flexibility index (Phi) is 4.63. The average molecular weight is 418 g/mol. The molecule has 0 atom stereocenters. The average Bonchev–Trinajstić information content (AvgIpc) is 3.05. The Morgan fingerprint density at radius 2 is 1.92 bits per heavy atom. The lowest BCUT2D eigenvalue weighted by atomic mass is 9.86. The van der Waals surface area contributed by atoms with Crippen LogP contribution in [0.15, 0.2) is 34.5 Å². The van der Waals surface area contributed by atoms with Gasteiger partial charge in [0.05, 0.1) is 11.6 Å². The number of rotatable bonds is 2. The van der Waals surface area contributed by atoms with Gasteiger partial charge in [-0.2, -0.15) is 4.31 Å². The molecule has 0 aliphatic carbocycles. The van der Waals surface area contributed by atoms with E-state index in [1.165, 1.54) is 26.9 Å². The zero-order chi connectivity index (χ0) is 17.7. The van der Waals surface area contributed by atoms with Gasteiger partial charge in [0.25, 0.3) is 0 Å². The standard InChI is InChI=1S/C17H17Cl2NO3S2/c18-13-1-2-15(14(19)11-13)25(21,22)20-7-5-17(6-8-20)16-12(3-9-23-17)4-10-24-16/h1-2,4,10-11H,3,5-9H2. The minimum absolute atomic E-state index is 0.107. The molecule has 1 fully saturated rings. The topological polar surface area (TPSA) is 46.6 Å². The number of hydrogen-bond acceptors (Lipinski definition) is 4. The van der Waals surface area contributed by atoms with Crippen LogP contribution in [0.5, 0.6) is 0 Å². The molecule has 2 aliphatic heterocycles. The van der Waals surface area contributed by atoms with Crippen molar-refractivity contribution in [1.82, 2.24) is 4.31 Å². The summed E-state index contributed by atoms with van der Waals surface area (Å²) in [6, 6.07) is 6.64. The summed E-state index contributed by atoms with van der Waals surface area (Å²) in [7, 11) is -3.64. The first-order chi connectivity index (χ1) is 11.9. The van der Waals surface area contributed by atoms with Crippen molar-refractivity contribution in [2.45, 2.75) is 29.8 Å². The van der Waals surface area contributed by atoms with Crippen LogP contribution in [0.25, 0.3) is 0 Å². The molecule has 4 nitrogen and oxygen atoms in total. The summed E-state index contributed by atoms with van der Waals surface area (Å²) in [5.74, 6) is 0. The van der Waals surface area contributed by atoms with E-state index in [0.29, 0.717) is 37.6 Å². The molecule has 0 radical (unpaired) electrons. The fourth-order valence-corrected chi connectivity index (χ4v) is 6.99. The largest absolute Gasteiger partial charge is 0.369 e. The van der Waals surface area contributed by atoms with Crippen molar-refractivity contribution >= 4 is 44.6 Å². The normalized spacial score (nSPS) is 20.6. The zero-order valence-corrected chi connectivity index (χ0v) is 16.5. The van der Waals surface area contributed by atoms with Crippen molar-refractivity contribution in [1.29, 1.82) is 0 Å². The number of fused-ring (bicyclic) bond motifs is 2. The van der Waals surface area contributed by atoms with Crippen molar-refractivity contribution in [2.24, 2.45) is 0 Å². The maximum Gasteiger partial charge on any atom is 0.244 e. The first-order valence-electron chi connectivity index (χ1n) is 8.08. The van der Waals surface area contributed by atoms with Crippen LogP contribution in [0.3, 0.4) is 0 Å². The monoisotopic (exact) mass is 417 g/mol. The Morgan fingerprint density at radius 1 is 1.16 bits per heavy atom. The van der Waals surface area contributed by atoms with Gasteiger partial charge in [-0.1, -0.05) is 23.2 Å². The highest BCUT2D eigenvalue weighted by Gasteiger charge is 2.44. The quantitative estimate of drug-likeness (QED) is 0.731. The fourth-order valence-electron chi connectivity index (χ4n) is 3.64. The Labute approximate surface area is 161 Å². The van der Waals surface area contributed by atoms with Crippen LogP contribution >= 0.6 is 34.5 Å². The van der Waals surface area contributed by atoms with Crippen molar-refractivity contribution in [3.63, 3.8) is 0 Å². The molecule has 0 N–H and O–H groups in total. The highest BCUT2D eigenvalue weighted by molar-refractivity contribution is 7.89. The summed E-state index contributed by atoms with van der Waals surface area (Å²) >= 11 is 13.7. The molecular formula is C17H17Cl2NO3S2. The van der Waals surface area contributed by atoms with Crippen molar-refractivity contribution < 1.29 is 13.2 Å². The van der Waals surface area contributed by atoms with Gasteiger partial charge in [-0.15, -0.1) is 11.3 Å². The predicted molar refractivity (Wildman–Crippen MR) is 100 cm³/mol. The molecule has 8 heteroatoms. The third kappa shape index (κ3) is 3.03. The van der Waals surface area contributed by atoms with E-state index in [2.05, 4.69) is 11.4 Å². The Balaban J connectivity index is 1.58.